The van der Waals surface area contributed by atoms with Crippen molar-refractivity contribution in [3.63, 3.8) is 0 Å². The first-order valence-electron chi connectivity index (χ1n) is 8.24. The summed E-state index contributed by atoms with van der Waals surface area (Å²) in [7, 11) is 0. The van der Waals surface area contributed by atoms with E-state index < -0.39 is 0 Å². The molecule has 0 amide bonds. The Balaban J connectivity index is 2.04. The Labute approximate surface area is 123 Å². The van der Waals surface area contributed by atoms with E-state index in [1.165, 1.54) is 49.8 Å². The lowest BCUT2D eigenvalue weighted by molar-refractivity contribution is -0.00929. The number of nitrogens with zero attached hydrogens (tertiary/aromatic N) is 1. The van der Waals surface area contributed by atoms with Gasteiger partial charge in [0.2, 0.25) is 0 Å². The van der Waals surface area contributed by atoms with E-state index in [9.17, 15) is 0 Å². The molecular formula is C18H28N2. The topological polar surface area (TPSA) is 29.3 Å². The van der Waals surface area contributed by atoms with Crippen LogP contribution in [0.3, 0.4) is 0 Å². The van der Waals surface area contributed by atoms with Gasteiger partial charge in [-0.05, 0) is 62.6 Å². The number of nitrogens with two attached hydrogens (primary N) is 1. The molecule has 0 spiro atoms. The maximum atomic E-state index is 6.35. The lowest BCUT2D eigenvalue weighted by atomic mass is 9.73. The molecule has 1 saturated heterocycles. The molecule has 2 N–H and O–H groups in total. The van der Waals surface area contributed by atoms with Crippen LogP contribution in [0.5, 0.6) is 0 Å². The molecule has 1 aromatic rings. The number of hydrogen-bond acceptors (Lipinski definition) is 2. The van der Waals surface area contributed by atoms with E-state index in [-0.39, 0.29) is 5.54 Å². The van der Waals surface area contributed by atoms with Crippen molar-refractivity contribution in [3.8, 4) is 0 Å². The predicted octanol–water partition coefficient (Wildman–Crippen LogP) is 3.30. The highest BCUT2D eigenvalue weighted by atomic mass is 15.2. The van der Waals surface area contributed by atoms with E-state index in [0.29, 0.717) is 6.04 Å². The summed E-state index contributed by atoms with van der Waals surface area (Å²) in [5, 5.41) is 0. The molecule has 0 bridgehead atoms. The summed E-state index contributed by atoms with van der Waals surface area (Å²) in [6.45, 7) is 6.76. The van der Waals surface area contributed by atoms with Gasteiger partial charge in [-0.1, -0.05) is 31.2 Å². The van der Waals surface area contributed by atoms with E-state index >= 15 is 0 Å². The van der Waals surface area contributed by atoms with Gasteiger partial charge in [-0.25, -0.2) is 0 Å². The van der Waals surface area contributed by atoms with Crippen molar-refractivity contribution in [1.82, 2.24) is 4.90 Å². The zero-order chi connectivity index (χ0) is 14.2. The van der Waals surface area contributed by atoms with Gasteiger partial charge in [-0.15, -0.1) is 0 Å². The van der Waals surface area contributed by atoms with Crippen LogP contribution in [0.2, 0.25) is 0 Å². The lowest BCUT2D eigenvalue weighted by Gasteiger charge is -2.53. The Kier molecular flexibility index (Phi) is 3.87. The maximum Gasteiger partial charge on any atom is 0.0588 e. The Morgan fingerprint density at radius 3 is 2.85 bits per heavy atom. The van der Waals surface area contributed by atoms with Gasteiger partial charge in [-0.2, -0.15) is 0 Å². The SMILES string of the molecule is CC1CCCN(C2(CN)CCCc3ccccc32)C1C. The first-order chi connectivity index (χ1) is 9.69. The summed E-state index contributed by atoms with van der Waals surface area (Å²) in [4.78, 5) is 2.74. The van der Waals surface area contributed by atoms with Crippen molar-refractivity contribution < 1.29 is 0 Å². The first kappa shape index (κ1) is 14.1. The lowest BCUT2D eigenvalue weighted by Crippen LogP contribution is -2.59. The third kappa shape index (κ3) is 2.10. The standard InChI is InChI=1S/C18H28N2/c1-14-7-6-12-20(15(14)2)18(13-19)11-5-9-16-8-3-4-10-17(16)18/h3-4,8,10,14-15H,5-7,9,11-13,19H2,1-2H3. The maximum absolute atomic E-state index is 6.35. The smallest absolute Gasteiger partial charge is 0.0588 e. The summed E-state index contributed by atoms with van der Waals surface area (Å²) in [6, 6.07) is 9.63. The van der Waals surface area contributed by atoms with Gasteiger partial charge in [0.15, 0.2) is 0 Å². The Morgan fingerprint density at radius 1 is 1.25 bits per heavy atom. The zero-order valence-electron chi connectivity index (χ0n) is 12.9. The normalized spacial score (nSPS) is 34.8. The van der Waals surface area contributed by atoms with Gasteiger partial charge >= 0.3 is 0 Å². The van der Waals surface area contributed by atoms with Gasteiger partial charge < -0.3 is 5.73 Å². The van der Waals surface area contributed by atoms with Crippen molar-refractivity contribution >= 4 is 0 Å². The van der Waals surface area contributed by atoms with Crippen LogP contribution in [0.15, 0.2) is 24.3 Å². The van der Waals surface area contributed by atoms with Crippen LogP contribution in [-0.2, 0) is 12.0 Å². The largest absolute Gasteiger partial charge is 0.328 e. The van der Waals surface area contributed by atoms with Crippen LogP contribution in [0.1, 0.15) is 50.7 Å². The molecule has 1 aliphatic heterocycles. The number of likely N-dealkylation sites (tertiary alicyclic amines) is 1. The molecule has 1 aromatic carbocycles. The van der Waals surface area contributed by atoms with Crippen LogP contribution in [0, 0.1) is 5.92 Å². The summed E-state index contributed by atoms with van der Waals surface area (Å²) >= 11 is 0. The van der Waals surface area contributed by atoms with E-state index in [2.05, 4.69) is 43.0 Å². The number of benzene rings is 1. The molecule has 0 aromatic heterocycles. The molecule has 3 rings (SSSR count). The van der Waals surface area contributed by atoms with Gasteiger partial charge in [0.05, 0.1) is 5.54 Å². The van der Waals surface area contributed by atoms with Gasteiger partial charge in [-0.3, -0.25) is 4.90 Å². The van der Waals surface area contributed by atoms with E-state index in [1.54, 1.807) is 0 Å². The summed E-state index contributed by atoms with van der Waals surface area (Å²) < 4.78 is 0. The van der Waals surface area contributed by atoms with Crippen molar-refractivity contribution in [3.05, 3.63) is 35.4 Å². The second-order valence-electron chi connectivity index (χ2n) is 6.80. The zero-order valence-corrected chi connectivity index (χ0v) is 12.9. The molecule has 0 saturated carbocycles. The molecule has 110 valence electrons. The molecule has 2 heteroatoms. The molecular weight excluding hydrogens is 244 g/mol. The fourth-order valence-corrected chi connectivity index (χ4v) is 4.47. The molecule has 2 aliphatic rings. The van der Waals surface area contributed by atoms with Crippen LogP contribution in [0.25, 0.3) is 0 Å². The summed E-state index contributed by atoms with van der Waals surface area (Å²) in [6.07, 6.45) is 6.38. The number of hydrogen-bond donors (Lipinski definition) is 1. The van der Waals surface area contributed by atoms with Crippen molar-refractivity contribution in [1.29, 1.82) is 0 Å². The van der Waals surface area contributed by atoms with Crippen LogP contribution < -0.4 is 5.73 Å². The highest BCUT2D eigenvalue weighted by Crippen LogP contribution is 2.43. The van der Waals surface area contributed by atoms with Gasteiger partial charge in [0.25, 0.3) is 0 Å². The van der Waals surface area contributed by atoms with Crippen molar-refractivity contribution in [2.45, 2.75) is 57.5 Å². The van der Waals surface area contributed by atoms with Gasteiger partial charge in [0, 0.05) is 12.6 Å². The average Bonchev–Trinajstić information content (AvgIpc) is 2.49. The third-order valence-electron chi connectivity index (χ3n) is 5.82. The van der Waals surface area contributed by atoms with E-state index in [4.69, 9.17) is 5.73 Å². The Hall–Kier alpha value is -0.860. The number of fused-ring (bicyclic) bond motifs is 1. The van der Waals surface area contributed by atoms with Crippen LogP contribution in [0.4, 0.5) is 0 Å². The van der Waals surface area contributed by atoms with Crippen molar-refractivity contribution in [2.75, 3.05) is 13.1 Å². The second-order valence-corrected chi connectivity index (χ2v) is 6.80. The Morgan fingerprint density at radius 2 is 2.05 bits per heavy atom. The highest BCUT2D eigenvalue weighted by Gasteiger charge is 2.44. The first-order valence-corrected chi connectivity index (χ1v) is 8.24. The van der Waals surface area contributed by atoms with Crippen LogP contribution >= 0.6 is 0 Å². The minimum absolute atomic E-state index is 0.0862. The van der Waals surface area contributed by atoms with Gasteiger partial charge in [0.1, 0.15) is 0 Å². The second kappa shape index (κ2) is 5.50. The molecule has 1 heterocycles. The molecule has 3 unspecified atom stereocenters. The molecule has 3 atom stereocenters. The highest BCUT2D eigenvalue weighted by molar-refractivity contribution is 5.37. The van der Waals surface area contributed by atoms with Crippen molar-refractivity contribution in [2.24, 2.45) is 11.7 Å². The fraction of sp³-hybridized carbons (Fsp3) is 0.667. The average molecular weight is 272 g/mol. The summed E-state index contributed by atoms with van der Waals surface area (Å²) in [5.41, 5.74) is 9.47. The molecule has 0 radical (unpaired) electrons. The van der Waals surface area contributed by atoms with E-state index in [0.717, 1.165) is 12.5 Å². The number of aryl methyl sites for hydroxylation is 1. The summed E-state index contributed by atoms with van der Waals surface area (Å²) in [5.74, 6) is 0.779. The molecule has 20 heavy (non-hydrogen) atoms. The fourth-order valence-electron chi connectivity index (χ4n) is 4.47. The number of rotatable bonds is 2. The van der Waals surface area contributed by atoms with Crippen LogP contribution in [-0.4, -0.2) is 24.0 Å². The molecule has 2 nitrogen and oxygen atoms in total. The monoisotopic (exact) mass is 272 g/mol. The van der Waals surface area contributed by atoms with E-state index in [1.807, 2.05) is 0 Å². The third-order valence-corrected chi connectivity index (χ3v) is 5.82. The quantitative estimate of drug-likeness (QED) is 0.895. The molecule has 1 aliphatic carbocycles. The number of piperidine rings is 1. The minimum Gasteiger partial charge on any atom is -0.328 e. The molecule has 1 fully saturated rings. The minimum atomic E-state index is 0.0862. The Bertz CT molecular complexity index is 470. The predicted molar refractivity (Wildman–Crippen MR) is 84.7 cm³/mol.